The fraction of sp³-hybridized carbons (Fsp3) is 0.100. The first kappa shape index (κ1) is 9.39. The van der Waals surface area contributed by atoms with E-state index >= 15 is 0 Å². The van der Waals surface area contributed by atoms with Crippen LogP contribution in [-0.2, 0) is 0 Å². The van der Waals surface area contributed by atoms with Crippen LogP contribution in [0.25, 0.3) is 11.1 Å². The Morgan fingerprint density at radius 2 is 1.87 bits per heavy atom. The number of nitrogens with one attached hydrogen (secondary N) is 1. The van der Waals surface area contributed by atoms with Gasteiger partial charge >= 0.3 is 0 Å². The highest BCUT2D eigenvalue weighted by Crippen LogP contribution is 2.30. The molecule has 0 radical (unpaired) electrons. The van der Waals surface area contributed by atoms with E-state index in [1.54, 1.807) is 7.11 Å². The van der Waals surface area contributed by atoms with E-state index in [4.69, 9.17) is 16.2 Å². The van der Waals surface area contributed by atoms with Crippen molar-refractivity contribution >= 4 is 11.6 Å². The number of ether oxygens (including phenoxy) is 1. The van der Waals surface area contributed by atoms with Gasteiger partial charge in [0.15, 0.2) is 5.82 Å². The average Bonchev–Trinajstić information content (AvgIpc) is 2.59. The predicted molar refractivity (Wildman–Crippen MR) is 59.4 cm³/mol. The molecule has 5 nitrogen and oxygen atoms in total. The van der Waals surface area contributed by atoms with E-state index in [-0.39, 0.29) is 0 Å². The minimum atomic E-state index is 0.401. The van der Waals surface area contributed by atoms with Crippen LogP contribution in [0, 0.1) is 0 Å². The molecule has 5 heteroatoms. The van der Waals surface area contributed by atoms with Crippen molar-refractivity contribution in [1.29, 1.82) is 0 Å². The quantitative estimate of drug-likeness (QED) is 0.686. The summed E-state index contributed by atoms with van der Waals surface area (Å²) in [6.45, 7) is 0. The fourth-order valence-electron chi connectivity index (χ4n) is 1.43. The monoisotopic (exact) mass is 204 g/mol. The third-order valence-corrected chi connectivity index (χ3v) is 2.20. The van der Waals surface area contributed by atoms with Gasteiger partial charge < -0.3 is 16.2 Å². The summed E-state index contributed by atoms with van der Waals surface area (Å²) in [4.78, 5) is 0. The Labute approximate surface area is 87.0 Å². The molecule has 0 spiro atoms. The van der Waals surface area contributed by atoms with Gasteiger partial charge in [-0.1, -0.05) is 12.1 Å². The maximum absolute atomic E-state index is 5.71. The molecular weight excluding hydrogens is 192 g/mol. The van der Waals surface area contributed by atoms with Crippen molar-refractivity contribution in [2.45, 2.75) is 0 Å². The maximum Gasteiger partial charge on any atom is 0.155 e. The van der Waals surface area contributed by atoms with E-state index in [0.717, 1.165) is 16.9 Å². The molecule has 0 atom stereocenters. The van der Waals surface area contributed by atoms with Gasteiger partial charge in [0.05, 0.1) is 12.7 Å². The molecule has 0 amide bonds. The van der Waals surface area contributed by atoms with Crippen LogP contribution >= 0.6 is 0 Å². The zero-order chi connectivity index (χ0) is 10.8. The Bertz CT molecular complexity index is 441. The zero-order valence-electron chi connectivity index (χ0n) is 8.32. The Hall–Kier alpha value is -2.17. The van der Waals surface area contributed by atoms with Crippen molar-refractivity contribution in [3.8, 4) is 16.9 Å². The molecule has 1 aromatic heterocycles. The van der Waals surface area contributed by atoms with E-state index < -0.39 is 0 Å². The Morgan fingerprint density at radius 3 is 2.33 bits per heavy atom. The highest BCUT2D eigenvalue weighted by atomic mass is 16.5. The summed E-state index contributed by atoms with van der Waals surface area (Å²) >= 11 is 0. The van der Waals surface area contributed by atoms with Crippen LogP contribution in [0.5, 0.6) is 5.75 Å². The number of rotatable bonds is 2. The predicted octanol–water partition coefficient (Wildman–Crippen LogP) is 1.25. The van der Waals surface area contributed by atoms with Crippen molar-refractivity contribution in [2.24, 2.45) is 0 Å². The van der Waals surface area contributed by atoms with Gasteiger partial charge in [0, 0.05) is 0 Å². The van der Waals surface area contributed by atoms with Crippen molar-refractivity contribution in [3.63, 3.8) is 0 Å². The molecule has 2 aromatic rings. The first-order valence-corrected chi connectivity index (χ1v) is 4.46. The van der Waals surface area contributed by atoms with Gasteiger partial charge in [0.2, 0.25) is 0 Å². The molecular formula is C10H12N4O. The third-order valence-electron chi connectivity index (χ3n) is 2.20. The standard InChI is InChI=1S/C10H12N4O/c1-15-7-4-2-6(3-5-7)8-9(11)13-14-10(8)12/h2-5H,1H3,(H5,11,12,13,14). The first-order valence-electron chi connectivity index (χ1n) is 4.46. The van der Waals surface area contributed by atoms with Crippen molar-refractivity contribution < 1.29 is 4.74 Å². The summed E-state index contributed by atoms with van der Waals surface area (Å²) in [6, 6.07) is 7.47. The molecule has 0 aliphatic carbocycles. The molecule has 2 rings (SSSR count). The molecule has 0 saturated carbocycles. The number of benzene rings is 1. The lowest BCUT2D eigenvalue weighted by Crippen LogP contribution is -1.91. The Kier molecular flexibility index (Phi) is 2.21. The topological polar surface area (TPSA) is 90.0 Å². The van der Waals surface area contributed by atoms with Gasteiger partial charge in [0.25, 0.3) is 0 Å². The van der Waals surface area contributed by atoms with Crippen LogP contribution in [0.15, 0.2) is 24.3 Å². The number of methoxy groups -OCH3 is 1. The molecule has 5 N–H and O–H groups in total. The van der Waals surface area contributed by atoms with E-state index in [9.17, 15) is 0 Å². The number of nitrogens with two attached hydrogens (primary N) is 2. The smallest absolute Gasteiger partial charge is 0.155 e. The lowest BCUT2D eigenvalue weighted by Gasteiger charge is -2.03. The zero-order valence-corrected chi connectivity index (χ0v) is 8.32. The second-order valence-electron chi connectivity index (χ2n) is 3.13. The van der Waals surface area contributed by atoms with Crippen molar-refractivity contribution in [2.75, 3.05) is 18.6 Å². The average molecular weight is 204 g/mol. The molecule has 0 aliphatic heterocycles. The van der Waals surface area contributed by atoms with Gasteiger partial charge in [0.1, 0.15) is 11.6 Å². The first-order chi connectivity index (χ1) is 7.22. The minimum Gasteiger partial charge on any atom is -0.497 e. The summed E-state index contributed by atoms with van der Waals surface area (Å²) in [5.74, 6) is 1.66. The van der Waals surface area contributed by atoms with Crippen molar-refractivity contribution in [3.05, 3.63) is 24.3 Å². The van der Waals surface area contributed by atoms with Gasteiger partial charge in [-0.05, 0) is 17.7 Å². The molecule has 1 heterocycles. The van der Waals surface area contributed by atoms with E-state index in [0.29, 0.717) is 11.6 Å². The van der Waals surface area contributed by atoms with Gasteiger partial charge in [-0.25, -0.2) is 0 Å². The molecule has 0 saturated heterocycles. The number of aromatic amines is 1. The van der Waals surface area contributed by atoms with E-state index in [1.165, 1.54) is 0 Å². The van der Waals surface area contributed by atoms with Crippen LogP contribution in [-0.4, -0.2) is 17.3 Å². The number of H-pyrrole nitrogens is 1. The van der Waals surface area contributed by atoms with Gasteiger partial charge in [-0.15, -0.1) is 0 Å². The van der Waals surface area contributed by atoms with Crippen LogP contribution in [0.1, 0.15) is 0 Å². The molecule has 0 bridgehead atoms. The normalized spacial score (nSPS) is 10.2. The number of hydrogen-bond donors (Lipinski definition) is 3. The minimum absolute atomic E-state index is 0.401. The number of nitrogens with zero attached hydrogens (tertiary/aromatic N) is 1. The lowest BCUT2D eigenvalue weighted by atomic mass is 10.1. The fourth-order valence-corrected chi connectivity index (χ4v) is 1.43. The number of aromatic nitrogens is 2. The number of nitrogen functional groups attached to an aromatic ring is 2. The maximum atomic E-state index is 5.71. The van der Waals surface area contributed by atoms with Crippen molar-refractivity contribution in [1.82, 2.24) is 10.2 Å². The highest BCUT2D eigenvalue weighted by molar-refractivity contribution is 5.82. The molecule has 1 aromatic carbocycles. The highest BCUT2D eigenvalue weighted by Gasteiger charge is 2.09. The Balaban J connectivity index is 2.45. The number of hydrogen-bond acceptors (Lipinski definition) is 4. The summed E-state index contributed by atoms with van der Waals surface area (Å²) < 4.78 is 5.06. The van der Waals surface area contributed by atoms with Crippen LogP contribution in [0.4, 0.5) is 11.6 Å². The lowest BCUT2D eigenvalue weighted by molar-refractivity contribution is 0.415. The summed E-state index contributed by atoms with van der Waals surface area (Å²) in [7, 11) is 1.62. The van der Waals surface area contributed by atoms with Gasteiger partial charge in [-0.2, -0.15) is 5.10 Å². The SMILES string of the molecule is COc1ccc(-c2c(N)n[nH]c2N)cc1. The largest absolute Gasteiger partial charge is 0.497 e. The summed E-state index contributed by atoms with van der Waals surface area (Å²) in [6.07, 6.45) is 0. The van der Waals surface area contributed by atoms with E-state index in [1.807, 2.05) is 24.3 Å². The second-order valence-corrected chi connectivity index (χ2v) is 3.13. The summed E-state index contributed by atoms with van der Waals surface area (Å²) in [5, 5.41) is 6.47. The second kappa shape index (κ2) is 3.53. The molecule has 0 fully saturated rings. The molecule has 0 unspecified atom stereocenters. The molecule has 15 heavy (non-hydrogen) atoms. The Morgan fingerprint density at radius 1 is 1.20 bits per heavy atom. The third kappa shape index (κ3) is 1.59. The van der Waals surface area contributed by atoms with Crippen LogP contribution in [0.2, 0.25) is 0 Å². The summed E-state index contributed by atoms with van der Waals surface area (Å²) in [5.41, 5.74) is 13.1. The molecule has 0 aliphatic rings. The van der Waals surface area contributed by atoms with E-state index in [2.05, 4.69) is 10.2 Å². The number of anilines is 2. The van der Waals surface area contributed by atoms with Gasteiger partial charge in [-0.3, -0.25) is 5.10 Å². The van der Waals surface area contributed by atoms with Crippen LogP contribution in [0.3, 0.4) is 0 Å². The molecule has 78 valence electrons. The van der Waals surface area contributed by atoms with Crippen LogP contribution < -0.4 is 16.2 Å².